The normalized spacial score (nSPS) is 11.3. The number of benzene rings is 1. The van der Waals surface area contributed by atoms with Crippen LogP contribution < -0.4 is 0 Å². The molecule has 0 spiro atoms. The molecule has 0 N–H and O–H groups in total. The number of imidazole rings is 1. The third kappa shape index (κ3) is 3.33. The molecule has 0 amide bonds. The fourth-order valence-electron chi connectivity index (χ4n) is 2.06. The fourth-order valence-corrected chi connectivity index (χ4v) is 3.94. The van der Waals surface area contributed by atoms with Crippen LogP contribution in [0.1, 0.15) is 38.2 Å². The Morgan fingerprint density at radius 3 is 2.30 bits per heavy atom. The van der Waals surface area contributed by atoms with Crippen LogP contribution in [0.2, 0.25) is 10.0 Å². The summed E-state index contributed by atoms with van der Waals surface area (Å²) in [7, 11) is 2.06. The van der Waals surface area contributed by atoms with Crippen LogP contribution in [-0.2, 0) is 13.5 Å². The molecule has 1 aromatic carbocycles. The lowest BCUT2D eigenvalue weighted by Crippen LogP contribution is -1.97. The molecule has 108 valence electrons. The summed E-state index contributed by atoms with van der Waals surface area (Å²) < 4.78 is 2.16. The van der Waals surface area contributed by atoms with Gasteiger partial charge in [0.05, 0.1) is 5.69 Å². The van der Waals surface area contributed by atoms with E-state index in [1.54, 1.807) is 17.8 Å². The number of halogens is 2. The van der Waals surface area contributed by atoms with Crippen LogP contribution in [0, 0.1) is 0 Å². The first-order valence-electron chi connectivity index (χ1n) is 6.61. The van der Waals surface area contributed by atoms with E-state index in [1.807, 2.05) is 12.1 Å². The summed E-state index contributed by atoms with van der Waals surface area (Å²) in [5, 5.41) is 2.48. The molecule has 0 saturated carbocycles. The zero-order valence-corrected chi connectivity index (χ0v) is 14.4. The highest BCUT2D eigenvalue weighted by atomic mass is 35.5. The van der Waals surface area contributed by atoms with Crippen molar-refractivity contribution in [3.8, 4) is 0 Å². The molecule has 0 radical (unpaired) electrons. The monoisotopic (exact) mass is 328 g/mol. The van der Waals surface area contributed by atoms with Crippen molar-refractivity contribution in [2.45, 2.75) is 43.0 Å². The van der Waals surface area contributed by atoms with Gasteiger partial charge in [0, 0.05) is 28.4 Å². The van der Waals surface area contributed by atoms with Crippen molar-refractivity contribution in [3.05, 3.63) is 39.8 Å². The van der Waals surface area contributed by atoms with Crippen molar-refractivity contribution in [1.82, 2.24) is 9.55 Å². The first kappa shape index (κ1) is 15.7. The molecular formula is C15H18Cl2N2S. The van der Waals surface area contributed by atoms with Gasteiger partial charge in [0.2, 0.25) is 0 Å². The zero-order chi connectivity index (χ0) is 14.9. The Hall–Kier alpha value is -0.640. The molecule has 0 aliphatic carbocycles. The third-order valence-electron chi connectivity index (χ3n) is 3.07. The summed E-state index contributed by atoms with van der Waals surface area (Å²) >= 11 is 13.8. The molecule has 0 bridgehead atoms. The van der Waals surface area contributed by atoms with Crippen LogP contribution in [0.15, 0.2) is 28.1 Å². The van der Waals surface area contributed by atoms with Gasteiger partial charge < -0.3 is 4.57 Å². The van der Waals surface area contributed by atoms with Crippen molar-refractivity contribution >= 4 is 35.0 Å². The van der Waals surface area contributed by atoms with Gasteiger partial charge in [0.25, 0.3) is 0 Å². The van der Waals surface area contributed by atoms with Gasteiger partial charge in [-0.2, -0.15) is 0 Å². The van der Waals surface area contributed by atoms with Crippen LogP contribution in [-0.4, -0.2) is 9.55 Å². The molecule has 20 heavy (non-hydrogen) atoms. The Morgan fingerprint density at radius 1 is 1.20 bits per heavy atom. The van der Waals surface area contributed by atoms with Gasteiger partial charge >= 0.3 is 0 Å². The molecule has 2 rings (SSSR count). The van der Waals surface area contributed by atoms with E-state index in [9.17, 15) is 0 Å². The average Bonchev–Trinajstić information content (AvgIpc) is 2.65. The van der Waals surface area contributed by atoms with E-state index in [2.05, 4.69) is 32.4 Å². The van der Waals surface area contributed by atoms with Gasteiger partial charge in [-0.1, -0.05) is 55.7 Å². The maximum absolute atomic E-state index is 6.07. The van der Waals surface area contributed by atoms with E-state index in [1.165, 1.54) is 0 Å². The van der Waals surface area contributed by atoms with Crippen molar-refractivity contribution in [1.29, 1.82) is 0 Å². The fraction of sp³-hybridized carbons (Fsp3) is 0.400. The number of aryl methyl sites for hydroxylation is 1. The second kappa shape index (κ2) is 6.42. The van der Waals surface area contributed by atoms with E-state index < -0.39 is 0 Å². The molecule has 2 nitrogen and oxygen atoms in total. The number of rotatable bonds is 4. The van der Waals surface area contributed by atoms with E-state index >= 15 is 0 Å². The summed E-state index contributed by atoms with van der Waals surface area (Å²) in [4.78, 5) is 5.78. The summed E-state index contributed by atoms with van der Waals surface area (Å²) in [5.74, 6) is 1.49. The highest BCUT2D eigenvalue weighted by Crippen LogP contribution is 2.36. The minimum Gasteiger partial charge on any atom is -0.326 e. The standard InChI is InChI=1S/C15H18Cl2N2S/c1-5-13-18-14(9(2)3)15(19(13)4)20-12-7-10(16)6-11(17)8-12/h6-9H,5H2,1-4H3. The number of hydrogen-bond donors (Lipinski definition) is 0. The van der Waals surface area contributed by atoms with E-state index in [-0.39, 0.29) is 0 Å². The summed E-state index contributed by atoms with van der Waals surface area (Å²) in [6.45, 7) is 6.45. The first-order chi connectivity index (χ1) is 9.42. The highest BCUT2D eigenvalue weighted by molar-refractivity contribution is 7.99. The number of hydrogen-bond acceptors (Lipinski definition) is 2. The van der Waals surface area contributed by atoms with E-state index in [0.717, 1.165) is 27.9 Å². The lowest BCUT2D eigenvalue weighted by atomic mass is 10.1. The Kier molecular flexibility index (Phi) is 5.05. The Labute approximate surface area is 134 Å². The van der Waals surface area contributed by atoms with Crippen molar-refractivity contribution in [2.75, 3.05) is 0 Å². The molecule has 5 heteroatoms. The van der Waals surface area contributed by atoms with Crippen LogP contribution in [0.25, 0.3) is 0 Å². The van der Waals surface area contributed by atoms with Crippen LogP contribution in [0.3, 0.4) is 0 Å². The number of nitrogens with zero attached hydrogens (tertiary/aromatic N) is 2. The van der Waals surface area contributed by atoms with Crippen LogP contribution in [0.5, 0.6) is 0 Å². The van der Waals surface area contributed by atoms with Crippen molar-refractivity contribution in [3.63, 3.8) is 0 Å². The molecule has 0 aliphatic heterocycles. The van der Waals surface area contributed by atoms with Crippen LogP contribution in [0.4, 0.5) is 0 Å². The quantitative estimate of drug-likeness (QED) is 0.730. The topological polar surface area (TPSA) is 17.8 Å². The van der Waals surface area contributed by atoms with Gasteiger partial charge in [-0.3, -0.25) is 0 Å². The molecule has 0 atom stereocenters. The second-order valence-electron chi connectivity index (χ2n) is 4.99. The lowest BCUT2D eigenvalue weighted by molar-refractivity contribution is 0.738. The van der Waals surface area contributed by atoms with Gasteiger partial charge in [-0.15, -0.1) is 0 Å². The minimum atomic E-state index is 0.388. The van der Waals surface area contributed by atoms with Gasteiger partial charge in [0.15, 0.2) is 0 Å². The SMILES string of the molecule is CCc1nc(C(C)C)c(Sc2cc(Cl)cc(Cl)c2)n1C. The molecule has 0 unspecified atom stereocenters. The number of aromatic nitrogens is 2. The first-order valence-corrected chi connectivity index (χ1v) is 8.19. The molecule has 1 aromatic heterocycles. The minimum absolute atomic E-state index is 0.388. The van der Waals surface area contributed by atoms with Gasteiger partial charge in [-0.05, 0) is 24.1 Å². The smallest absolute Gasteiger partial charge is 0.109 e. The molecular weight excluding hydrogens is 311 g/mol. The van der Waals surface area contributed by atoms with Crippen molar-refractivity contribution < 1.29 is 0 Å². The molecule has 0 saturated heterocycles. The maximum Gasteiger partial charge on any atom is 0.109 e. The maximum atomic E-state index is 6.07. The van der Waals surface area contributed by atoms with Crippen molar-refractivity contribution in [2.24, 2.45) is 7.05 Å². The second-order valence-corrected chi connectivity index (χ2v) is 6.93. The average molecular weight is 329 g/mol. The zero-order valence-electron chi connectivity index (χ0n) is 12.1. The van der Waals surface area contributed by atoms with E-state index in [4.69, 9.17) is 28.2 Å². The molecule has 0 aliphatic rings. The summed E-state index contributed by atoms with van der Waals surface area (Å²) in [5.41, 5.74) is 1.13. The highest BCUT2D eigenvalue weighted by Gasteiger charge is 2.17. The molecule has 0 fully saturated rings. The summed E-state index contributed by atoms with van der Waals surface area (Å²) in [6, 6.07) is 5.61. The Morgan fingerprint density at radius 2 is 1.80 bits per heavy atom. The lowest BCUT2D eigenvalue weighted by Gasteiger charge is -2.09. The summed E-state index contributed by atoms with van der Waals surface area (Å²) in [6.07, 6.45) is 0.924. The molecule has 1 heterocycles. The predicted molar refractivity (Wildman–Crippen MR) is 87.3 cm³/mol. The van der Waals surface area contributed by atoms with Gasteiger partial charge in [-0.25, -0.2) is 4.98 Å². The molecule has 2 aromatic rings. The largest absolute Gasteiger partial charge is 0.326 e. The Balaban J connectivity index is 2.44. The predicted octanol–water partition coefficient (Wildman–Crippen LogP) is 5.56. The van der Waals surface area contributed by atoms with Gasteiger partial charge in [0.1, 0.15) is 10.9 Å². The third-order valence-corrected chi connectivity index (χ3v) is 4.66. The van der Waals surface area contributed by atoms with Crippen LogP contribution >= 0.6 is 35.0 Å². The van der Waals surface area contributed by atoms with E-state index in [0.29, 0.717) is 16.0 Å². The Bertz CT molecular complexity index is 600.